The van der Waals surface area contributed by atoms with Crippen molar-refractivity contribution in [1.29, 1.82) is 5.26 Å². The van der Waals surface area contributed by atoms with E-state index in [1.165, 1.54) is 5.56 Å². The summed E-state index contributed by atoms with van der Waals surface area (Å²) in [5, 5.41) is 11.5. The largest absolute Gasteiger partial charge is 0.240 e. The summed E-state index contributed by atoms with van der Waals surface area (Å²) < 4.78 is 0. The zero-order valence-electron chi connectivity index (χ0n) is 9.10. The molecule has 3 heteroatoms. The highest BCUT2D eigenvalue weighted by molar-refractivity contribution is 7.13. The van der Waals surface area contributed by atoms with Gasteiger partial charge in [0.1, 0.15) is 5.01 Å². The molecule has 0 bridgehead atoms. The van der Waals surface area contributed by atoms with E-state index in [0.29, 0.717) is 6.42 Å². The van der Waals surface area contributed by atoms with Crippen LogP contribution < -0.4 is 0 Å². The smallest absolute Gasteiger partial charge is 0.123 e. The van der Waals surface area contributed by atoms with Gasteiger partial charge in [0.2, 0.25) is 0 Å². The molecule has 1 aromatic heterocycles. The Morgan fingerprint density at radius 2 is 2.06 bits per heavy atom. The molecule has 2 aromatic rings. The number of hydrogen-bond donors (Lipinski definition) is 0. The molecule has 0 saturated heterocycles. The summed E-state index contributed by atoms with van der Waals surface area (Å²) in [6, 6.07) is 10.5. The van der Waals surface area contributed by atoms with Gasteiger partial charge in [-0.3, -0.25) is 0 Å². The molecule has 1 aromatic carbocycles. The monoisotopic (exact) mass is 228 g/mol. The third-order valence-electron chi connectivity index (χ3n) is 2.42. The van der Waals surface area contributed by atoms with E-state index in [1.807, 2.05) is 5.38 Å². The Labute approximate surface area is 99.2 Å². The first-order valence-corrected chi connectivity index (χ1v) is 6.12. The van der Waals surface area contributed by atoms with Gasteiger partial charge in [-0.2, -0.15) is 5.26 Å². The maximum absolute atomic E-state index is 8.58. The molecule has 0 fully saturated rings. The Bertz CT molecular complexity index is 505. The van der Waals surface area contributed by atoms with Crippen molar-refractivity contribution in [3.8, 4) is 16.6 Å². The van der Waals surface area contributed by atoms with E-state index in [9.17, 15) is 0 Å². The number of benzene rings is 1. The minimum Gasteiger partial charge on any atom is -0.240 e. The van der Waals surface area contributed by atoms with Gasteiger partial charge in [0.15, 0.2) is 0 Å². The highest BCUT2D eigenvalue weighted by Crippen LogP contribution is 2.24. The predicted octanol–water partition coefficient (Wildman–Crippen LogP) is 3.44. The summed E-state index contributed by atoms with van der Waals surface area (Å²) in [6.07, 6.45) is 1.45. The zero-order valence-corrected chi connectivity index (χ0v) is 9.92. The van der Waals surface area contributed by atoms with E-state index in [4.69, 9.17) is 5.26 Å². The van der Waals surface area contributed by atoms with Gasteiger partial charge < -0.3 is 0 Å². The number of nitrogens with zero attached hydrogens (tertiary/aromatic N) is 2. The molecule has 16 heavy (non-hydrogen) atoms. The van der Waals surface area contributed by atoms with E-state index in [2.05, 4.69) is 42.2 Å². The first-order valence-electron chi connectivity index (χ1n) is 5.24. The molecule has 0 aliphatic carbocycles. The van der Waals surface area contributed by atoms with Crippen molar-refractivity contribution < 1.29 is 0 Å². The lowest BCUT2D eigenvalue weighted by Crippen LogP contribution is -1.83. The summed E-state index contributed by atoms with van der Waals surface area (Å²) in [6.45, 7) is 2.14. The average Bonchev–Trinajstić information content (AvgIpc) is 2.78. The molecule has 2 nitrogen and oxygen atoms in total. The van der Waals surface area contributed by atoms with E-state index >= 15 is 0 Å². The van der Waals surface area contributed by atoms with Gasteiger partial charge >= 0.3 is 0 Å². The van der Waals surface area contributed by atoms with Crippen LogP contribution in [0.5, 0.6) is 0 Å². The number of aryl methyl sites for hydroxylation is 1. The molecular formula is C13H12N2S. The van der Waals surface area contributed by atoms with Crippen LogP contribution >= 0.6 is 11.3 Å². The SMILES string of the molecule is CCc1ccc(-c2nc(CC#N)cs2)cc1. The molecular weight excluding hydrogens is 216 g/mol. The number of aromatic nitrogens is 1. The van der Waals surface area contributed by atoms with Crippen LogP contribution in [-0.4, -0.2) is 4.98 Å². The van der Waals surface area contributed by atoms with Gasteiger partial charge in [0.05, 0.1) is 18.2 Å². The van der Waals surface area contributed by atoms with Crippen LogP contribution in [0.15, 0.2) is 29.6 Å². The fraction of sp³-hybridized carbons (Fsp3) is 0.231. The molecule has 0 atom stereocenters. The first-order chi connectivity index (χ1) is 7.83. The van der Waals surface area contributed by atoms with Crippen molar-refractivity contribution in [1.82, 2.24) is 4.98 Å². The molecule has 0 aliphatic rings. The Kier molecular flexibility index (Phi) is 3.33. The van der Waals surface area contributed by atoms with Crippen molar-refractivity contribution in [2.75, 3.05) is 0 Å². The van der Waals surface area contributed by atoms with E-state index in [1.54, 1.807) is 11.3 Å². The van der Waals surface area contributed by atoms with E-state index in [0.717, 1.165) is 22.7 Å². The second kappa shape index (κ2) is 4.91. The van der Waals surface area contributed by atoms with Crippen LogP contribution in [0.25, 0.3) is 10.6 Å². The Hall–Kier alpha value is -1.66. The Balaban J connectivity index is 2.25. The summed E-state index contributed by atoms with van der Waals surface area (Å²) in [5.74, 6) is 0. The van der Waals surface area contributed by atoms with Gasteiger partial charge in [-0.1, -0.05) is 31.2 Å². The molecule has 1 heterocycles. The molecule has 0 unspecified atom stereocenters. The normalized spacial score (nSPS) is 10.0. The summed E-state index contributed by atoms with van der Waals surface area (Å²) in [5.41, 5.74) is 3.33. The minimum atomic E-state index is 0.392. The highest BCUT2D eigenvalue weighted by Gasteiger charge is 2.03. The first kappa shape index (κ1) is 10.8. The quantitative estimate of drug-likeness (QED) is 0.807. The summed E-state index contributed by atoms with van der Waals surface area (Å²) in [7, 11) is 0. The van der Waals surface area contributed by atoms with Crippen molar-refractivity contribution in [2.45, 2.75) is 19.8 Å². The van der Waals surface area contributed by atoms with Crippen LogP contribution in [0.2, 0.25) is 0 Å². The fourth-order valence-electron chi connectivity index (χ4n) is 1.48. The third kappa shape index (κ3) is 2.29. The molecule has 0 N–H and O–H groups in total. The predicted molar refractivity (Wildman–Crippen MR) is 66.2 cm³/mol. The molecule has 0 radical (unpaired) electrons. The standard InChI is InChI=1S/C13H12N2S/c1-2-10-3-5-11(6-4-10)13-15-12(7-8-14)9-16-13/h3-6,9H,2,7H2,1H3. The third-order valence-corrected chi connectivity index (χ3v) is 3.36. The van der Waals surface area contributed by atoms with Gasteiger partial charge in [0, 0.05) is 10.9 Å². The van der Waals surface area contributed by atoms with Crippen LogP contribution in [0.4, 0.5) is 0 Å². The van der Waals surface area contributed by atoms with Gasteiger partial charge in [-0.05, 0) is 12.0 Å². The van der Waals surface area contributed by atoms with Crippen molar-refractivity contribution >= 4 is 11.3 Å². The topological polar surface area (TPSA) is 36.7 Å². The zero-order chi connectivity index (χ0) is 11.4. The van der Waals surface area contributed by atoms with Crippen molar-refractivity contribution in [3.05, 3.63) is 40.9 Å². The van der Waals surface area contributed by atoms with Crippen LogP contribution in [0.3, 0.4) is 0 Å². The summed E-state index contributed by atoms with van der Waals surface area (Å²) in [4.78, 5) is 4.42. The van der Waals surface area contributed by atoms with E-state index < -0.39 is 0 Å². The minimum absolute atomic E-state index is 0.392. The van der Waals surface area contributed by atoms with E-state index in [-0.39, 0.29) is 0 Å². The molecule has 0 amide bonds. The molecule has 80 valence electrons. The lowest BCUT2D eigenvalue weighted by atomic mass is 10.1. The lowest BCUT2D eigenvalue weighted by Gasteiger charge is -1.98. The summed E-state index contributed by atoms with van der Waals surface area (Å²) >= 11 is 1.59. The Morgan fingerprint density at radius 1 is 1.31 bits per heavy atom. The van der Waals surface area contributed by atoms with Gasteiger partial charge in [-0.15, -0.1) is 11.3 Å². The van der Waals surface area contributed by atoms with Crippen molar-refractivity contribution in [2.24, 2.45) is 0 Å². The highest BCUT2D eigenvalue weighted by atomic mass is 32.1. The maximum atomic E-state index is 8.58. The van der Waals surface area contributed by atoms with Crippen molar-refractivity contribution in [3.63, 3.8) is 0 Å². The number of thiazole rings is 1. The van der Waals surface area contributed by atoms with Gasteiger partial charge in [0.25, 0.3) is 0 Å². The second-order valence-electron chi connectivity index (χ2n) is 3.53. The molecule has 2 rings (SSSR count). The Morgan fingerprint density at radius 3 is 2.69 bits per heavy atom. The van der Waals surface area contributed by atoms with Crippen LogP contribution in [-0.2, 0) is 12.8 Å². The number of rotatable bonds is 3. The molecule has 0 saturated carbocycles. The maximum Gasteiger partial charge on any atom is 0.123 e. The second-order valence-corrected chi connectivity index (χ2v) is 4.39. The van der Waals surface area contributed by atoms with Gasteiger partial charge in [-0.25, -0.2) is 4.98 Å². The lowest BCUT2D eigenvalue weighted by molar-refractivity contribution is 1.14. The average molecular weight is 228 g/mol. The van der Waals surface area contributed by atoms with Crippen LogP contribution in [0, 0.1) is 11.3 Å². The fourth-order valence-corrected chi connectivity index (χ4v) is 2.31. The number of hydrogen-bond acceptors (Lipinski definition) is 3. The number of nitriles is 1. The van der Waals surface area contributed by atoms with Crippen LogP contribution in [0.1, 0.15) is 18.2 Å². The molecule has 0 spiro atoms. The molecule has 0 aliphatic heterocycles.